The summed E-state index contributed by atoms with van der Waals surface area (Å²) in [5.41, 5.74) is 0. The molecule has 0 fully saturated rings. The fourth-order valence-electron chi connectivity index (χ4n) is 3.09. The lowest BCUT2D eigenvalue weighted by atomic mass is 10.0. The van der Waals surface area contributed by atoms with E-state index in [1.807, 2.05) is 0 Å². The molecule has 0 aliphatic rings. The molecular weight excluding hydrogens is 348 g/mol. The topological polar surface area (TPSA) is 29.5 Å². The van der Waals surface area contributed by atoms with E-state index in [4.69, 9.17) is 9.53 Å². The molecule has 0 aromatic heterocycles. The molecule has 1 atom stereocenters. The summed E-state index contributed by atoms with van der Waals surface area (Å²) in [6.07, 6.45) is 21.2. The Labute approximate surface area is 172 Å². The van der Waals surface area contributed by atoms with Crippen LogP contribution in [0.2, 0.25) is 18.1 Å². The first-order valence-electron chi connectivity index (χ1n) is 11.7. The summed E-state index contributed by atoms with van der Waals surface area (Å²) >= 11 is 0. The Bertz CT molecular complexity index is 358. The number of unbranched alkanes of at least 4 members (excludes halogenated alkanes) is 8. The van der Waals surface area contributed by atoms with Crippen LogP contribution in [-0.2, 0) is 4.43 Å². The molecule has 3 heteroatoms. The Balaban J connectivity index is 4.14. The highest BCUT2D eigenvalue weighted by molar-refractivity contribution is 6.74. The summed E-state index contributed by atoms with van der Waals surface area (Å²) in [7, 11) is -1.66. The van der Waals surface area contributed by atoms with Crippen molar-refractivity contribution >= 4 is 8.32 Å². The lowest BCUT2D eigenvalue weighted by Crippen LogP contribution is -2.44. The fourth-order valence-corrected chi connectivity index (χ4v) is 4.51. The highest BCUT2D eigenvalue weighted by Gasteiger charge is 2.38. The van der Waals surface area contributed by atoms with Gasteiger partial charge in [-0.05, 0) is 56.7 Å². The third-order valence-corrected chi connectivity index (χ3v) is 10.5. The van der Waals surface area contributed by atoms with E-state index in [1.54, 1.807) is 0 Å². The van der Waals surface area contributed by atoms with Crippen LogP contribution >= 0.6 is 0 Å². The molecule has 0 radical (unpaired) electrons. The maximum atomic E-state index is 8.76. The van der Waals surface area contributed by atoms with Gasteiger partial charge in [-0.15, -0.1) is 0 Å². The van der Waals surface area contributed by atoms with Gasteiger partial charge in [0.2, 0.25) is 0 Å². The van der Waals surface area contributed by atoms with Crippen LogP contribution < -0.4 is 0 Å². The third-order valence-electron chi connectivity index (χ3n) is 5.99. The number of rotatable bonds is 17. The largest absolute Gasteiger partial charge is 0.414 e. The molecule has 0 saturated carbocycles. The molecule has 0 aromatic rings. The second kappa shape index (κ2) is 15.8. The molecule has 0 heterocycles. The van der Waals surface area contributed by atoms with Crippen LogP contribution in [0.5, 0.6) is 0 Å². The maximum absolute atomic E-state index is 8.76. The SMILES string of the molecule is CCCCCCC(CCCCCC/C=C/CCCO)O[Si](C)(C)C(C)(C)C. The third kappa shape index (κ3) is 14.5. The van der Waals surface area contributed by atoms with Crippen molar-refractivity contribution in [3.05, 3.63) is 12.2 Å². The van der Waals surface area contributed by atoms with Crippen LogP contribution in [-0.4, -0.2) is 26.1 Å². The zero-order valence-electron chi connectivity index (χ0n) is 19.5. The van der Waals surface area contributed by atoms with E-state index in [-0.39, 0.29) is 0 Å². The minimum absolute atomic E-state index is 0.303. The van der Waals surface area contributed by atoms with Crippen molar-refractivity contribution in [3.63, 3.8) is 0 Å². The van der Waals surface area contributed by atoms with Gasteiger partial charge < -0.3 is 9.53 Å². The lowest BCUT2D eigenvalue weighted by molar-refractivity contribution is 0.154. The Hall–Kier alpha value is -0.123. The van der Waals surface area contributed by atoms with Crippen molar-refractivity contribution < 1.29 is 9.53 Å². The number of hydrogen-bond acceptors (Lipinski definition) is 2. The smallest absolute Gasteiger partial charge is 0.192 e. The molecule has 0 aliphatic carbocycles. The number of aliphatic hydroxyl groups excluding tert-OH is 1. The fraction of sp³-hybridized carbons (Fsp3) is 0.917. The average molecular weight is 399 g/mol. The molecule has 0 bridgehead atoms. The van der Waals surface area contributed by atoms with Crippen molar-refractivity contribution in [2.45, 2.75) is 135 Å². The number of hydrogen-bond donors (Lipinski definition) is 1. The second-order valence-corrected chi connectivity index (χ2v) is 14.4. The van der Waals surface area contributed by atoms with Crippen molar-refractivity contribution in [1.82, 2.24) is 0 Å². The molecule has 162 valence electrons. The van der Waals surface area contributed by atoms with Crippen molar-refractivity contribution in [2.75, 3.05) is 6.61 Å². The van der Waals surface area contributed by atoms with Crippen LogP contribution in [0.25, 0.3) is 0 Å². The molecule has 0 rings (SSSR count). The summed E-state index contributed by atoms with van der Waals surface area (Å²) < 4.78 is 6.77. The average Bonchev–Trinajstić information content (AvgIpc) is 2.58. The molecule has 0 spiro atoms. The first-order chi connectivity index (χ1) is 12.7. The summed E-state index contributed by atoms with van der Waals surface area (Å²) in [6.45, 7) is 14.4. The van der Waals surface area contributed by atoms with E-state index in [2.05, 4.69) is 52.9 Å². The highest BCUT2D eigenvalue weighted by Crippen LogP contribution is 2.38. The van der Waals surface area contributed by atoms with Gasteiger partial charge in [0.25, 0.3) is 0 Å². The molecule has 27 heavy (non-hydrogen) atoms. The lowest BCUT2D eigenvalue weighted by Gasteiger charge is -2.39. The van der Waals surface area contributed by atoms with E-state index in [0.29, 0.717) is 17.7 Å². The van der Waals surface area contributed by atoms with Gasteiger partial charge in [-0.25, -0.2) is 0 Å². The minimum atomic E-state index is -1.66. The molecule has 1 N–H and O–H groups in total. The molecular formula is C24H50O2Si. The summed E-state index contributed by atoms with van der Waals surface area (Å²) in [5.74, 6) is 0. The molecule has 0 aromatic carbocycles. The minimum Gasteiger partial charge on any atom is -0.414 e. The van der Waals surface area contributed by atoms with Gasteiger partial charge >= 0.3 is 0 Å². The standard InChI is InChI=1S/C24H50O2Si/c1-7-8-9-17-20-23(26-27(5,6)24(2,3)4)21-18-15-13-11-10-12-14-16-19-22-25/h12,14,23,25H,7-11,13,15-22H2,1-6H3/b14-12+. The molecule has 2 nitrogen and oxygen atoms in total. The van der Waals surface area contributed by atoms with Gasteiger partial charge in [-0.3, -0.25) is 0 Å². The van der Waals surface area contributed by atoms with Crippen LogP contribution in [0.4, 0.5) is 0 Å². The Kier molecular flexibility index (Phi) is 15.7. The molecule has 0 saturated heterocycles. The summed E-state index contributed by atoms with van der Waals surface area (Å²) in [4.78, 5) is 0. The van der Waals surface area contributed by atoms with Crippen molar-refractivity contribution in [3.8, 4) is 0 Å². The molecule has 0 aliphatic heterocycles. The van der Waals surface area contributed by atoms with Crippen LogP contribution in [0, 0.1) is 0 Å². The zero-order chi connectivity index (χ0) is 20.6. The van der Waals surface area contributed by atoms with E-state index in [1.165, 1.54) is 70.6 Å². The van der Waals surface area contributed by atoms with Crippen molar-refractivity contribution in [2.24, 2.45) is 0 Å². The highest BCUT2D eigenvalue weighted by atomic mass is 28.4. The quantitative estimate of drug-likeness (QED) is 0.153. The van der Waals surface area contributed by atoms with Gasteiger partial charge in [0.05, 0.1) is 0 Å². The van der Waals surface area contributed by atoms with E-state index in [0.717, 1.165) is 12.8 Å². The van der Waals surface area contributed by atoms with E-state index < -0.39 is 8.32 Å². The molecule has 0 amide bonds. The Morgan fingerprint density at radius 3 is 1.85 bits per heavy atom. The van der Waals surface area contributed by atoms with E-state index in [9.17, 15) is 0 Å². The Morgan fingerprint density at radius 2 is 1.33 bits per heavy atom. The molecule has 1 unspecified atom stereocenters. The number of allylic oxidation sites excluding steroid dienone is 2. The predicted octanol–water partition coefficient (Wildman–Crippen LogP) is 8.02. The van der Waals surface area contributed by atoms with Gasteiger partial charge in [-0.1, -0.05) is 84.8 Å². The predicted molar refractivity (Wildman–Crippen MR) is 124 cm³/mol. The van der Waals surface area contributed by atoms with Gasteiger partial charge in [0, 0.05) is 12.7 Å². The Morgan fingerprint density at radius 1 is 0.815 bits per heavy atom. The normalized spacial score (nSPS) is 14.2. The van der Waals surface area contributed by atoms with Gasteiger partial charge in [-0.2, -0.15) is 0 Å². The maximum Gasteiger partial charge on any atom is 0.192 e. The van der Waals surface area contributed by atoms with Crippen LogP contribution in [0.1, 0.15) is 111 Å². The first kappa shape index (κ1) is 26.9. The summed E-state index contributed by atoms with van der Waals surface area (Å²) in [5, 5.41) is 9.07. The second-order valence-electron chi connectivity index (χ2n) is 9.68. The van der Waals surface area contributed by atoms with Gasteiger partial charge in [0.1, 0.15) is 0 Å². The van der Waals surface area contributed by atoms with E-state index >= 15 is 0 Å². The monoisotopic (exact) mass is 398 g/mol. The van der Waals surface area contributed by atoms with Crippen LogP contribution in [0.3, 0.4) is 0 Å². The summed E-state index contributed by atoms with van der Waals surface area (Å²) in [6, 6.07) is 0. The first-order valence-corrected chi connectivity index (χ1v) is 14.6. The van der Waals surface area contributed by atoms with Gasteiger partial charge in [0.15, 0.2) is 8.32 Å². The number of aliphatic hydroxyl groups is 1. The van der Waals surface area contributed by atoms with Crippen LogP contribution in [0.15, 0.2) is 12.2 Å². The zero-order valence-corrected chi connectivity index (χ0v) is 20.5. The van der Waals surface area contributed by atoms with Crippen molar-refractivity contribution in [1.29, 1.82) is 0 Å².